The van der Waals surface area contributed by atoms with E-state index in [9.17, 15) is 5.11 Å². The molecule has 1 spiro atoms. The van der Waals surface area contributed by atoms with E-state index in [2.05, 4.69) is 0 Å². The predicted molar refractivity (Wildman–Crippen MR) is 57.3 cm³/mol. The molecule has 0 amide bonds. The van der Waals surface area contributed by atoms with Gasteiger partial charge in [-0.15, -0.1) is 0 Å². The Kier molecular flexibility index (Phi) is 2.14. The third-order valence-corrected chi connectivity index (χ3v) is 5.36. The molecule has 3 heteroatoms. The molecule has 0 saturated heterocycles. The number of aliphatic hydroxyl groups is 1. The molecule has 0 heterocycles. The van der Waals surface area contributed by atoms with Crippen LogP contribution in [0, 0.1) is 17.3 Å². The number of hydrogen-bond acceptors (Lipinski definition) is 3. The Hall–Kier alpha value is -0.120. The summed E-state index contributed by atoms with van der Waals surface area (Å²) in [5, 5.41) is 9.98. The Morgan fingerprint density at radius 1 is 1.33 bits per heavy atom. The second-order valence-electron chi connectivity index (χ2n) is 5.78. The molecule has 3 fully saturated rings. The average molecular weight is 211 g/mol. The summed E-state index contributed by atoms with van der Waals surface area (Å²) in [6, 6.07) is 0.311. The van der Waals surface area contributed by atoms with E-state index in [0.29, 0.717) is 6.04 Å². The molecule has 0 radical (unpaired) electrons. The van der Waals surface area contributed by atoms with E-state index in [-0.39, 0.29) is 17.6 Å². The second-order valence-corrected chi connectivity index (χ2v) is 5.78. The van der Waals surface area contributed by atoms with Crippen LogP contribution < -0.4 is 5.73 Å². The van der Waals surface area contributed by atoms with Gasteiger partial charge in [0, 0.05) is 13.2 Å². The molecule has 1 unspecified atom stereocenters. The monoisotopic (exact) mass is 211 g/mol. The summed E-state index contributed by atoms with van der Waals surface area (Å²) in [4.78, 5) is 0. The molecule has 3 saturated carbocycles. The lowest BCUT2D eigenvalue weighted by Gasteiger charge is -2.39. The molecular weight excluding hydrogens is 190 g/mol. The molecule has 0 aromatic heterocycles. The predicted octanol–water partition coefficient (Wildman–Crippen LogP) is 0.900. The number of hydrogen-bond donors (Lipinski definition) is 2. The van der Waals surface area contributed by atoms with E-state index in [0.717, 1.165) is 24.7 Å². The lowest BCUT2D eigenvalue weighted by atomic mass is 9.69. The first kappa shape index (κ1) is 10.1. The molecular formula is C12H21NO2. The van der Waals surface area contributed by atoms with Crippen molar-refractivity contribution in [2.75, 3.05) is 7.11 Å². The zero-order chi connectivity index (χ0) is 10.6. The van der Waals surface area contributed by atoms with Crippen molar-refractivity contribution in [2.45, 2.75) is 50.4 Å². The minimum atomic E-state index is -0.291. The zero-order valence-corrected chi connectivity index (χ0v) is 9.36. The molecule has 3 aliphatic carbocycles. The van der Waals surface area contributed by atoms with Crippen molar-refractivity contribution in [1.29, 1.82) is 0 Å². The third-order valence-electron chi connectivity index (χ3n) is 5.36. The maximum absolute atomic E-state index is 9.98. The molecule has 6 atom stereocenters. The van der Waals surface area contributed by atoms with Crippen LogP contribution in [-0.2, 0) is 4.74 Å². The fourth-order valence-electron chi connectivity index (χ4n) is 4.57. The van der Waals surface area contributed by atoms with Crippen LogP contribution in [0.2, 0.25) is 0 Å². The number of fused-ring (bicyclic) bond motifs is 3. The Morgan fingerprint density at radius 2 is 2.13 bits per heavy atom. The van der Waals surface area contributed by atoms with Crippen LogP contribution in [0.5, 0.6) is 0 Å². The average Bonchev–Trinajstić information content (AvgIpc) is 2.85. The largest absolute Gasteiger partial charge is 0.390 e. The SMILES string of the molecule is CO[C@@H]1CC2(C[C@H]1O)[C@H]1CC[C@H](C1)[C@@H]2N. The fourth-order valence-corrected chi connectivity index (χ4v) is 4.57. The molecule has 0 aliphatic heterocycles. The molecule has 86 valence electrons. The van der Waals surface area contributed by atoms with Crippen molar-refractivity contribution in [3.8, 4) is 0 Å². The van der Waals surface area contributed by atoms with Crippen LogP contribution in [0.4, 0.5) is 0 Å². The number of methoxy groups -OCH3 is 1. The van der Waals surface area contributed by atoms with Gasteiger partial charge in [0.1, 0.15) is 0 Å². The minimum Gasteiger partial charge on any atom is -0.390 e. The first-order valence-electron chi connectivity index (χ1n) is 6.14. The van der Waals surface area contributed by atoms with Crippen molar-refractivity contribution >= 4 is 0 Å². The van der Waals surface area contributed by atoms with Gasteiger partial charge in [0.2, 0.25) is 0 Å². The van der Waals surface area contributed by atoms with Gasteiger partial charge in [-0.2, -0.15) is 0 Å². The van der Waals surface area contributed by atoms with Gasteiger partial charge in [-0.3, -0.25) is 0 Å². The molecule has 3 N–H and O–H groups in total. The van der Waals surface area contributed by atoms with Crippen molar-refractivity contribution < 1.29 is 9.84 Å². The molecule has 0 aromatic carbocycles. The molecule has 3 rings (SSSR count). The molecule has 2 bridgehead atoms. The number of nitrogens with two attached hydrogens (primary N) is 1. The van der Waals surface area contributed by atoms with Gasteiger partial charge in [-0.1, -0.05) is 0 Å². The lowest BCUT2D eigenvalue weighted by molar-refractivity contribution is 0.00927. The summed E-state index contributed by atoms with van der Waals surface area (Å²) >= 11 is 0. The lowest BCUT2D eigenvalue weighted by Crippen LogP contribution is -2.45. The van der Waals surface area contributed by atoms with Crippen LogP contribution in [0.3, 0.4) is 0 Å². The van der Waals surface area contributed by atoms with E-state index in [4.69, 9.17) is 10.5 Å². The van der Waals surface area contributed by atoms with Crippen molar-refractivity contribution in [2.24, 2.45) is 23.0 Å². The van der Waals surface area contributed by atoms with E-state index in [1.54, 1.807) is 7.11 Å². The quantitative estimate of drug-likeness (QED) is 0.677. The van der Waals surface area contributed by atoms with E-state index >= 15 is 0 Å². The topological polar surface area (TPSA) is 55.5 Å². The first-order chi connectivity index (χ1) is 7.17. The smallest absolute Gasteiger partial charge is 0.0836 e. The number of rotatable bonds is 1. The van der Waals surface area contributed by atoms with Gasteiger partial charge >= 0.3 is 0 Å². The van der Waals surface area contributed by atoms with Crippen molar-refractivity contribution in [3.05, 3.63) is 0 Å². The highest BCUT2D eigenvalue weighted by atomic mass is 16.5. The first-order valence-corrected chi connectivity index (χ1v) is 6.14. The number of aliphatic hydroxyl groups excluding tert-OH is 1. The Bertz CT molecular complexity index is 266. The van der Waals surface area contributed by atoms with E-state index in [1.807, 2.05) is 0 Å². The number of ether oxygens (including phenoxy) is 1. The van der Waals surface area contributed by atoms with Crippen LogP contribution in [0.1, 0.15) is 32.1 Å². The van der Waals surface area contributed by atoms with Gasteiger partial charge in [0.25, 0.3) is 0 Å². The van der Waals surface area contributed by atoms with Crippen LogP contribution >= 0.6 is 0 Å². The maximum Gasteiger partial charge on any atom is 0.0836 e. The van der Waals surface area contributed by atoms with Gasteiger partial charge < -0.3 is 15.6 Å². The molecule has 15 heavy (non-hydrogen) atoms. The van der Waals surface area contributed by atoms with Gasteiger partial charge in [0.05, 0.1) is 12.2 Å². The highest BCUT2D eigenvalue weighted by Gasteiger charge is 2.61. The van der Waals surface area contributed by atoms with Gasteiger partial charge in [-0.05, 0) is 49.4 Å². The highest BCUT2D eigenvalue weighted by molar-refractivity contribution is 5.13. The summed E-state index contributed by atoms with van der Waals surface area (Å²) in [6.45, 7) is 0. The zero-order valence-electron chi connectivity index (χ0n) is 9.36. The van der Waals surface area contributed by atoms with Gasteiger partial charge in [-0.25, -0.2) is 0 Å². The third kappa shape index (κ3) is 1.17. The van der Waals surface area contributed by atoms with Crippen molar-refractivity contribution in [1.82, 2.24) is 0 Å². The van der Waals surface area contributed by atoms with Crippen LogP contribution in [0.25, 0.3) is 0 Å². The fraction of sp³-hybridized carbons (Fsp3) is 1.00. The summed E-state index contributed by atoms with van der Waals surface area (Å²) in [6.07, 6.45) is 5.50. The summed E-state index contributed by atoms with van der Waals surface area (Å²) in [5.74, 6) is 1.48. The molecule has 3 aliphatic rings. The molecule has 0 aromatic rings. The van der Waals surface area contributed by atoms with Gasteiger partial charge in [0.15, 0.2) is 0 Å². The Labute approximate surface area is 91.0 Å². The maximum atomic E-state index is 9.98. The summed E-state index contributed by atoms with van der Waals surface area (Å²) in [7, 11) is 1.70. The van der Waals surface area contributed by atoms with E-state index in [1.165, 1.54) is 19.3 Å². The Balaban J connectivity index is 1.86. The Morgan fingerprint density at radius 3 is 2.67 bits per heavy atom. The van der Waals surface area contributed by atoms with Crippen LogP contribution in [0.15, 0.2) is 0 Å². The normalized spacial score (nSPS) is 58.2. The standard InChI is InChI=1S/C12H21NO2/c1-15-10-6-12(5-9(10)14)8-3-2-7(4-8)11(12)13/h7-11,14H,2-6,13H2,1H3/t7-,8+,9-,10-,11+,12?/m1/s1. The highest BCUT2D eigenvalue weighted by Crippen LogP contribution is 2.62. The van der Waals surface area contributed by atoms with E-state index < -0.39 is 0 Å². The summed E-state index contributed by atoms with van der Waals surface area (Å²) < 4.78 is 5.36. The molecule has 3 nitrogen and oxygen atoms in total. The second kappa shape index (κ2) is 3.19. The van der Waals surface area contributed by atoms with Crippen LogP contribution in [-0.4, -0.2) is 30.5 Å². The minimum absolute atomic E-state index is 0.0235. The summed E-state index contributed by atoms with van der Waals surface area (Å²) in [5.41, 5.74) is 6.58. The van der Waals surface area contributed by atoms with Crippen molar-refractivity contribution in [3.63, 3.8) is 0 Å².